The first-order valence-electron chi connectivity index (χ1n) is 6.05. The molecule has 1 aliphatic rings. The van der Waals surface area contributed by atoms with Gasteiger partial charge in [0.1, 0.15) is 0 Å². The van der Waals surface area contributed by atoms with Crippen LogP contribution in [0.3, 0.4) is 0 Å². The second-order valence-corrected chi connectivity index (χ2v) is 4.48. The second kappa shape index (κ2) is 9.53. The third-order valence-electron chi connectivity index (χ3n) is 3.55. The Kier molecular flexibility index (Phi) is 11.0. The number of nitrogens with zero attached hydrogens (tertiary/aromatic N) is 2. The van der Waals surface area contributed by atoms with Gasteiger partial charge in [-0.1, -0.05) is 33.6 Å². The van der Waals surface area contributed by atoms with Crippen LogP contribution in [0.2, 0.25) is 0 Å². The van der Waals surface area contributed by atoms with E-state index >= 15 is 0 Å². The molecule has 0 aromatic carbocycles. The minimum atomic E-state index is -1.21. The van der Waals surface area contributed by atoms with E-state index in [9.17, 15) is 15.0 Å². The third kappa shape index (κ3) is 4.55. The van der Waals surface area contributed by atoms with Crippen LogP contribution >= 0.6 is 0 Å². The molecule has 2 unspecified atom stereocenters. The van der Waals surface area contributed by atoms with E-state index < -0.39 is 23.2 Å². The third-order valence-corrected chi connectivity index (χ3v) is 3.55. The molecule has 0 spiro atoms. The van der Waals surface area contributed by atoms with Gasteiger partial charge >= 0.3 is 59.1 Å². The van der Waals surface area contributed by atoms with E-state index in [1.807, 2.05) is 13.8 Å². The molecule has 0 N–H and O–H groups in total. The number of rotatable bonds is 5. The zero-order chi connectivity index (χ0) is 13.1. The molecular weight excluding hydrogens is 266 g/mol. The fourth-order valence-electron chi connectivity index (χ4n) is 2.32. The maximum atomic E-state index is 11.9. The van der Waals surface area contributed by atoms with E-state index in [2.05, 4.69) is 9.98 Å². The van der Waals surface area contributed by atoms with Gasteiger partial charge in [-0.2, -0.15) is 0 Å². The number of hydrogen-bond donors (Lipinski definition) is 0. The number of carbonyl (C=O) groups excluding carboxylic acids is 1. The quantitative estimate of drug-likeness (QED) is 0.471. The molecule has 0 aromatic rings. The molecule has 0 bridgehead atoms. The summed E-state index contributed by atoms with van der Waals surface area (Å²) in [7, 11) is 0. The summed E-state index contributed by atoms with van der Waals surface area (Å²) in [5.74, 6) is -1.37. The Hall–Kier alpha value is 0.610. The van der Waals surface area contributed by atoms with Crippen molar-refractivity contribution in [2.75, 3.05) is 0 Å². The summed E-state index contributed by atoms with van der Waals surface area (Å²) < 4.78 is 0. The first-order valence-corrected chi connectivity index (χ1v) is 6.05. The Morgan fingerprint density at radius 2 is 1.79 bits per heavy atom. The van der Waals surface area contributed by atoms with Crippen molar-refractivity contribution in [1.82, 2.24) is 0 Å². The van der Waals surface area contributed by atoms with Crippen molar-refractivity contribution in [3.63, 3.8) is 0 Å². The number of amides is 1. The fourth-order valence-corrected chi connectivity index (χ4v) is 2.32. The van der Waals surface area contributed by atoms with Crippen LogP contribution in [0, 0.1) is 11.3 Å². The number of hydrogen-bond acceptors (Lipinski definition) is 4. The monoisotopic (exact) mass is 284 g/mol. The first kappa shape index (κ1) is 21.9. The van der Waals surface area contributed by atoms with Crippen molar-refractivity contribution in [1.29, 1.82) is 0 Å². The number of amidine groups is 1. The predicted octanol–water partition coefficient (Wildman–Crippen LogP) is -5.77. The van der Waals surface area contributed by atoms with E-state index in [1.165, 1.54) is 0 Å². The van der Waals surface area contributed by atoms with Crippen molar-refractivity contribution in [2.45, 2.75) is 46.5 Å². The van der Waals surface area contributed by atoms with Crippen LogP contribution in [0.15, 0.2) is 9.98 Å². The molecule has 19 heavy (non-hydrogen) atoms. The van der Waals surface area contributed by atoms with Gasteiger partial charge in [-0.05, 0) is 24.7 Å². The Bertz CT molecular complexity index is 372. The molecule has 7 heteroatoms. The van der Waals surface area contributed by atoms with Crippen molar-refractivity contribution < 1.29 is 74.1 Å². The molecule has 1 rings (SSSR count). The summed E-state index contributed by atoms with van der Waals surface area (Å²) in [5.41, 5.74) is -1.21. The zero-order valence-electron chi connectivity index (χ0n) is 12.5. The molecule has 1 aliphatic heterocycles. The summed E-state index contributed by atoms with van der Waals surface area (Å²) in [6.07, 6.45) is 3.05. The van der Waals surface area contributed by atoms with Crippen LogP contribution in [0.1, 0.15) is 46.5 Å². The SMILES string of the molecule is CCCCC(C)C1(CC)C(=O)N=C([O-])N=C1[O-].[Na+].[Na+]. The Labute approximate surface area is 158 Å². The van der Waals surface area contributed by atoms with Gasteiger partial charge in [0.05, 0.1) is 11.4 Å². The molecule has 0 fully saturated rings. The summed E-state index contributed by atoms with van der Waals surface area (Å²) in [6.45, 7) is 5.67. The smallest absolute Gasteiger partial charge is 0.861 e. The molecular formula is C12H18N2Na2O3. The van der Waals surface area contributed by atoms with Crippen LogP contribution in [-0.2, 0) is 4.79 Å². The van der Waals surface area contributed by atoms with Gasteiger partial charge in [0, 0.05) is 0 Å². The minimum absolute atomic E-state index is 0. The number of unbranched alkanes of at least 4 members (excludes halogenated alkanes) is 1. The number of carbonyl (C=O) groups is 1. The Morgan fingerprint density at radius 3 is 2.21 bits per heavy atom. The molecule has 1 heterocycles. The molecule has 5 nitrogen and oxygen atoms in total. The zero-order valence-corrected chi connectivity index (χ0v) is 16.5. The van der Waals surface area contributed by atoms with Crippen LogP contribution in [0.25, 0.3) is 0 Å². The van der Waals surface area contributed by atoms with E-state index in [1.54, 1.807) is 6.92 Å². The van der Waals surface area contributed by atoms with Gasteiger partial charge in [0.15, 0.2) is 0 Å². The fraction of sp³-hybridized carbons (Fsp3) is 0.750. The van der Waals surface area contributed by atoms with Crippen LogP contribution in [0.4, 0.5) is 0 Å². The summed E-state index contributed by atoms with van der Waals surface area (Å²) in [6, 6.07) is -0.966. The first-order chi connectivity index (χ1) is 7.98. The largest absolute Gasteiger partial charge is 1.00 e. The maximum absolute atomic E-state index is 11.9. The molecule has 0 saturated carbocycles. The normalized spacial score (nSPS) is 23.6. The van der Waals surface area contributed by atoms with E-state index in [-0.39, 0.29) is 65.0 Å². The van der Waals surface area contributed by atoms with Gasteiger partial charge in [0.25, 0.3) is 5.91 Å². The second-order valence-electron chi connectivity index (χ2n) is 4.48. The summed E-state index contributed by atoms with van der Waals surface area (Å²) in [4.78, 5) is 18.5. The van der Waals surface area contributed by atoms with Crippen LogP contribution < -0.4 is 69.3 Å². The number of aliphatic imine (C=N–C) groups is 2. The Balaban J connectivity index is 0. The summed E-state index contributed by atoms with van der Waals surface area (Å²) >= 11 is 0. The standard InChI is InChI=1S/C12H20N2O3.2Na/c1-4-6-7-8(3)12(5-2)9(15)13-11(17)14-10(12)16;;/h8H,4-7H2,1-3H3,(H2,13,14,15,16,17);;/q;2*+1/p-2. The average Bonchev–Trinajstić information content (AvgIpc) is 2.26. The minimum Gasteiger partial charge on any atom is -0.861 e. The molecule has 1 amide bonds. The van der Waals surface area contributed by atoms with Gasteiger partial charge in [0.2, 0.25) is 0 Å². The van der Waals surface area contributed by atoms with Crippen molar-refractivity contribution in [3.05, 3.63) is 0 Å². The van der Waals surface area contributed by atoms with Crippen molar-refractivity contribution in [2.24, 2.45) is 21.3 Å². The van der Waals surface area contributed by atoms with Crippen molar-refractivity contribution in [3.8, 4) is 0 Å². The van der Waals surface area contributed by atoms with E-state index in [0.717, 1.165) is 19.3 Å². The van der Waals surface area contributed by atoms with Crippen molar-refractivity contribution >= 4 is 17.8 Å². The molecule has 0 saturated heterocycles. The van der Waals surface area contributed by atoms with Gasteiger partial charge in [-0.25, -0.2) is 4.99 Å². The molecule has 0 aromatic heterocycles. The maximum Gasteiger partial charge on any atom is 1.00 e. The molecule has 0 radical (unpaired) electrons. The molecule has 2 atom stereocenters. The summed E-state index contributed by atoms with van der Waals surface area (Å²) in [5, 5.41) is 22.9. The van der Waals surface area contributed by atoms with E-state index in [0.29, 0.717) is 6.42 Å². The van der Waals surface area contributed by atoms with Crippen LogP contribution in [0.5, 0.6) is 0 Å². The Morgan fingerprint density at radius 1 is 1.21 bits per heavy atom. The van der Waals surface area contributed by atoms with E-state index in [4.69, 9.17) is 0 Å². The molecule has 96 valence electrons. The topological polar surface area (TPSA) is 87.9 Å². The van der Waals surface area contributed by atoms with Gasteiger partial charge in [-0.3, -0.25) is 9.79 Å². The van der Waals surface area contributed by atoms with Gasteiger partial charge < -0.3 is 10.2 Å². The average molecular weight is 284 g/mol. The van der Waals surface area contributed by atoms with Crippen LogP contribution in [-0.4, -0.2) is 17.8 Å². The molecule has 0 aliphatic carbocycles. The van der Waals surface area contributed by atoms with Gasteiger partial charge in [-0.15, -0.1) is 0 Å². The predicted molar refractivity (Wildman–Crippen MR) is 61.3 cm³/mol.